The minimum absolute atomic E-state index is 0.0753. The number of nitrogens with one attached hydrogen (secondary N) is 10. The first kappa shape index (κ1) is 102. The molecule has 27 N–H and O–H groups in total. The second-order valence-corrected chi connectivity index (χ2v) is 30.8. The van der Waals surface area contributed by atoms with Crippen LogP contribution in [0, 0.1) is 11.8 Å². The summed E-state index contributed by atoms with van der Waals surface area (Å²) in [4.78, 5) is 218. The van der Waals surface area contributed by atoms with Crippen molar-refractivity contribution in [3.05, 3.63) is 23.8 Å². The van der Waals surface area contributed by atoms with E-state index in [1.807, 2.05) is 0 Å². The summed E-state index contributed by atoms with van der Waals surface area (Å²) in [5.74, 6) is -20.2. The number of rotatable bonds is 53. The second-order valence-electron chi connectivity index (χ2n) is 30.8. The minimum Gasteiger partial charge on any atom is -0.506 e. The average molecular weight is 1680 g/mol. The number of carbonyl (C=O) groups excluding carboxylic acids is 15. The number of nitrogens with two attached hydrogens (primary N) is 4. The Kier molecular flexibility index (Phi) is 44.1. The number of unbranched alkanes of at least 4 members (excludes halogenated alkanes) is 10. The van der Waals surface area contributed by atoms with Crippen LogP contribution < -0.4 is 76.1 Å². The van der Waals surface area contributed by atoms with Crippen molar-refractivity contribution in [2.45, 2.75) is 306 Å². The van der Waals surface area contributed by atoms with Gasteiger partial charge in [-0.1, -0.05) is 98.0 Å². The zero-order valence-corrected chi connectivity index (χ0v) is 68.5. The van der Waals surface area contributed by atoms with Gasteiger partial charge in [-0.25, -0.2) is 0 Å². The normalized spacial score (nSPS) is 19.3. The second kappa shape index (κ2) is 50.8. The Hall–Kier alpha value is -9.82. The Labute approximate surface area is 684 Å². The third-order valence-electron chi connectivity index (χ3n) is 20.1. The summed E-state index contributed by atoms with van der Waals surface area (Å²) >= 11 is 0. The number of primary amides is 2. The lowest BCUT2D eigenvalue weighted by Crippen LogP contribution is -2.64. The number of carboxylic acid groups (broad SMARTS) is 1. The number of anilines is 1. The van der Waals surface area contributed by atoms with E-state index in [-0.39, 0.29) is 17.7 Å². The Morgan fingerprint density at radius 3 is 1.65 bits per heavy atom. The van der Waals surface area contributed by atoms with Gasteiger partial charge in [0.15, 0.2) is 0 Å². The maximum Gasteiger partial charge on any atom is 0.321 e. The number of phenolic OH excluding ortho intramolecular Hbond substituents is 1. The van der Waals surface area contributed by atoms with E-state index in [0.717, 1.165) is 76.3 Å². The number of aliphatic carboxylic acids is 1. The van der Waals surface area contributed by atoms with E-state index in [1.54, 1.807) is 6.92 Å². The zero-order chi connectivity index (χ0) is 89.1. The van der Waals surface area contributed by atoms with Crippen LogP contribution in [0.3, 0.4) is 0 Å². The molecule has 0 aliphatic carbocycles. The van der Waals surface area contributed by atoms with E-state index >= 15 is 0 Å². The van der Waals surface area contributed by atoms with Gasteiger partial charge in [0.05, 0.1) is 80.1 Å². The molecule has 2 fully saturated rings. The lowest BCUT2D eigenvalue weighted by atomic mass is 9.99. The molecule has 0 bridgehead atoms. The molecular weight excluding hydrogens is 1550 g/mol. The number of nitrogens with zero attached hydrogens (tertiary/aromatic N) is 2. The van der Waals surface area contributed by atoms with E-state index in [4.69, 9.17) is 27.7 Å². The fourth-order valence-corrected chi connectivity index (χ4v) is 13.2. The maximum absolute atomic E-state index is 14.9. The summed E-state index contributed by atoms with van der Waals surface area (Å²) in [5, 5.41) is 119. The highest BCUT2D eigenvalue weighted by molar-refractivity contribution is 6.01. The molecule has 1 aromatic rings. The average Bonchev–Trinajstić information content (AvgIpc) is 1.65. The number of aliphatic hydroxyl groups excluding tert-OH is 7. The number of aromatic hydroxyl groups is 1. The van der Waals surface area contributed by atoms with Crippen molar-refractivity contribution >= 4 is 100 Å². The summed E-state index contributed by atoms with van der Waals surface area (Å²) in [6.45, 7) is 10.6. The monoisotopic (exact) mass is 1680 g/mol. The first-order chi connectivity index (χ1) is 55.3. The third kappa shape index (κ3) is 33.9. The molecule has 2 saturated heterocycles. The summed E-state index contributed by atoms with van der Waals surface area (Å²) in [7, 11) is 0. The first-order valence-corrected chi connectivity index (χ1v) is 40.0. The van der Waals surface area contributed by atoms with E-state index < -0.39 is 279 Å². The molecule has 14 amide bonds. The molecule has 3 rings (SSSR count). The number of hydrogen-bond acceptors (Lipinski definition) is 27. The van der Waals surface area contributed by atoms with Crippen LogP contribution in [0.1, 0.15) is 190 Å². The minimum atomic E-state index is -2.16. The zero-order valence-electron chi connectivity index (χ0n) is 68.5. The Morgan fingerprint density at radius 2 is 1.10 bits per heavy atom. The smallest absolute Gasteiger partial charge is 0.321 e. The molecule has 0 radical (unpaired) electrons. The van der Waals surface area contributed by atoms with E-state index in [2.05, 4.69) is 60.1 Å². The molecule has 2 aliphatic rings. The topological polar surface area (TPSA) is 695 Å². The number of phenols is 1. The highest BCUT2D eigenvalue weighted by Crippen LogP contribution is 2.28. The van der Waals surface area contributed by atoms with Gasteiger partial charge < -0.3 is 137 Å². The number of carboxylic acids is 1. The van der Waals surface area contributed by atoms with E-state index in [1.165, 1.54) is 59.4 Å². The molecule has 0 aromatic heterocycles. The number of amides is 14. The summed E-state index contributed by atoms with van der Waals surface area (Å²) < 4.78 is 5.85. The molecule has 2 aliphatic heterocycles. The van der Waals surface area contributed by atoms with Crippen LogP contribution in [0.5, 0.6) is 5.75 Å². The van der Waals surface area contributed by atoms with Gasteiger partial charge in [-0.15, -0.1) is 0 Å². The number of aliphatic hydroxyl groups is 7. The lowest BCUT2D eigenvalue weighted by molar-refractivity contribution is -0.155. The molecule has 118 heavy (non-hydrogen) atoms. The van der Waals surface area contributed by atoms with Crippen molar-refractivity contribution in [1.82, 2.24) is 57.7 Å². The summed E-state index contributed by atoms with van der Waals surface area (Å²) in [6.07, 6.45) is -3.90. The van der Waals surface area contributed by atoms with E-state index in [9.17, 15) is 123 Å². The number of likely N-dealkylation sites (tertiary alicyclic amines) is 2. The van der Waals surface area contributed by atoms with Crippen LogP contribution >= 0.6 is 0 Å². The van der Waals surface area contributed by atoms with Crippen LogP contribution in [0.15, 0.2) is 18.2 Å². The molecule has 42 heteroatoms. The number of hydrogen-bond donors (Lipinski definition) is 23. The van der Waals surface area contributed by atoms with Crippen LogP contribution in [-0.4, -0.2) is 292 Å². The number of esters is 1. The van der Waals surface area contributed by atoms with Gasteiger partial charge in [-0.3, -0.25) is 76.7 Å². The van der Waals surface area contributed by atoms with Crippen LogP contribution in [0.2, 0.25) is 0 Å². The molecule has 0 spiro atoms. The quantitative estimate of drug-likeness (QED) is 0.0164. The van der Waals surface area contributed by atoms with Crippen LogP contribution in [0.4, 0.5) is 5.69 Å². The van der Waals surface area contributed by atoms with Gasteiger partial charge >= 0.3 is 11.9 Å². The van der Waals surface area contributed by atoms with Crippen molar-refractivity contribution in [2.24, 2.45) is 34.8 Å². The summed E-state index contributed by atoms with van der Waals surface area (Å²) in [5.41, 5.74) is 21.4. The van der Waals surface area contributed by atoms with Crippen molar-refractivity contribution in [1.29, 1.82) is 0 Å². The Bertz CT molecular complexity index is 3570. The number of benzene rings is 1. The molecular formula is C76H126N16O26. The predicted molar refractivity (Wildman–Crippen MR) is 421 cm³/mol. The molecule has 42 nitrogen and oxygen atoms in total. The predicted octanol–water partition coefficient (Wildman–Crippen LogP) is -6.11. The number of β-amino-alcohol motifs (C(OH)–C–C–N with tert-alkyl or cyclic N) is 1. The largest absolute Gasteiger partial charge is 0.506 e. The van der Waals surface area contributed by atoms with Gasteiger partial charge in [0.2, 0.25) is 82.7 Å². The molecule has 0 saturated carbocycles. The van der Waals surface area contributed by atoms with Crippen molar-refractivity contribution in [3.63, 3.8) is 0 Å². The van der Waals surface area contributed by atoms with Gasteiger partial charge in [0.25, 0.3) is 0 Å². The maximum atomic E-state index is 14.9. The molecule has 1 aromatic carbocycles. The molecule has 666 valence electrons. The van der Waals surface area contributed by atoms with Gasteiger partial charge in [0.1, 0.15) is 78.3 Å². The van der Waals surface area contributed by atoms with Crippen molar-refractivity contribution < 1.29 is 127 Å². The van der Waals surface area contributed by atoms with Gasteiger partial charge in [0, 0.05) is 25.9 Å². The fraction of sp³-hybridized carbons (Fsp3) is 0.711. The standard InChI is InChI=1S/C76H126N16O26/c1-10-11-12-13-14-15-16-17-18-19-20-23-46(118-76(117)38(4)22-21-27-77)32-55(102)85-60(41(7)94)70(110)82-39(5)66(106)84-49(30-44-24-25-51(98)48(29-44)83-56(103)33-47(78)75(115)116)67(107)87-58(37(2)3)73(113)92-36-45(97)31-50(92)68(108)88-61(42(8)95)71(111)89-62(43(9)96)74(114)91-28-26-52(99)64(91)72(112)90-63(53(100)34-54(79)101)69(109)81-35-57(104)86-59(40(6)93)65(80)105/h24-25,29,37-43,45-47,49-50,52-53,58-64,93-100H,10-23,26-28,30-36,77-78H2,1-9H3,(H2,79,101)(H2,80,105)(H,81,109)(H,82,110)(H,83,103)(H,84,106)(H,85,102)(H,86,104)(H,87,107)(H,88,108)(H,89,111)(H,90,112)(H,115,116)/t38-,39+,40+,41+,42+,43+,45+,46+,47-,49-,50-,52-,53+,58-,59+,60+,61+,62-,63-,64-/m0/s1. The van der Waals surface area contributed by atoms with Crippen LogP contribution in [-0.2, 0) is 87.9 Å². The van der Waals surface area contributed by atoms with Crippen LogP contribution in [0.25, 0.3) is 0 Å². The lowest BCUT2D eigenvalue weighted by Gasteiger charge is -2.34. The number of carbonyl (C=O) groups is 16. The third-order valence-corrected chi connectivity index (χ3v) is 20.1. The highest BCUT2D eigenvalue weighted by atomic mass is 16.5. The highest BCUT2D eigenvalue weighted by Gasteiger charge is 2.48. The van der Waals surface area contributed by atoms with Gasteiger partial charge in [-0.05, 0) is 96.9 Å². The Morgan fingerprint density at radius 1 is 0.559 bits per heavy atom. The number of ether oxygens (including phenoxy) is 1. The SMILES string of the molecule is CCCCCCCCCCCCC[C@H](CC(=O)N[C@@H](C(=O)N[C@H](C)C(=O)N[C@@H](Cc1ccc(O)c(NC(=O)C[C@H](N)C(=O)O)c1)C(=O)N[C@H](C(=O)N1C[C@H](O)C[C@H]1C(=O)N[C@@H](C(=O)N[C@H](C(=O)N1CC[C@H](O)[C@H]1C(=O)N[C@H](C(=O)NCC(=O)N[C@@H](C(N)=O)[C@@H](C)O)[C@H](O)CC(N)=O)[C@@H](C)O)[C@@H](C)O)C(C)C)[C@@H](C)O)OC(=O)[C@@H](C)CCCN. The Balaban J connectivity index is 1.94. The molecule has 20 atom stereocenters. The van der Waals surface area contributed by atoms with Crippen molar-refractivity contribution in [3.8, 4) is 5.75 Å². The first-order valence-electron chi connectivity index (χ1n) is 40.0. The van der Waals surface area contributed by atoms with Crippen molar-refractivity contribution in [2.75, 3.05) is 31.5 Å². The fourth-order valence-electron chi connectivity index (χ4n) is 13.2. The molecule has 0 unspecified atom stereocenters. The summed E-state index contributed by atoms with van der Waals surface area (Å²) in [6, 6.07) is -16.6. The van der Waals surface area contributed by atoms with Gasteiger partial charge in [-0.2, -0.15) is 0 Å². The van der Waals surface area contributed by atoms with E-state index in [0.29, 0.717) is 37.1 Å². The molecule has 2 heterocycles.